The predicted octanol–water partition coefficient (Wildman–Crippen LogP) is 4.59. The molecule has 2 aromatic rings. The average molecular weight is 373 g/mol. The highest BCUT2D eigenvalue weighted by molar-refractivity contribution is 5.85. The Morgan fingerprint density at radius 3 is 2.38 bits per heavy atom. The molecule has 1 fully saturated rings. The van der Waals surface area contributed by atoms with Crippen molar-refractivity contribution in [3.8, 4) is 0 Å². The summed E-state index contributed by atoms with van der Waals surface area (Å²) in [6, 6.07) is 20.7. The molecular formula is C22H29ClN2O. The van der Waals surface area contributed by atoms with Gasteiger partial charge in [0.2, 0.25) is 5.91 Å². The Hall–Kier alpha value is -1.84. The van der Waals surface area contributed by atoms with Crippen molar-refractivity contribution in [2.45, 2.75) is 38.8 Å². The zero-order chi connectivity index (χ0) is 17.5. The van der Waals surface area contributed by atoms with Gasteiger partial charge in [0.15, 0.2) is 0 Å². The smallest absolute Gasteiger partial charge is 0.223 e. The van der Waals surface area contributed by atoms with E-state index in [-0.39, 0.29) is 24.4 Å². The summed E-state index contributed by atoms with van der Waals surface area (Å²) in [5.74, 6) is 0.904. The van der Waals surface area contributed by atoms with Gasteiger partial charge >= 0.3 is 0 Å². The lowest BCUT2D eigenvalue weighted by Crippen LogP contribution is -2.33. The summed E-state index contributed by atoms with van der Waals surface area (Å²) in [5, 5.41) is 3.39. The van der Waals surface area contributed by atoms with E-state index in [4.69, 9.17) is 0 Å². The molecule has 0 radical (unpaired) electrons. The van der Waals surface area contributed by atoms with E-state index in [9.17, 15) is 4.79 Å². The Morgan fingerprint density at radius 1 is 1.12 bits per heavy atom. The van der Waals surface area contributed by atoms with Gasteiger partial charge in [-0.2, -0.15) is 0 Å². The van der Waals surface area contributed by atoms with Gasteiger partial charge in [0.05, 0.1) is 6.04 Å². The minimum absolute atomic E-state index is 0. The fourth-order valence-corrected chi connectivity index (χ4v) is 3.56. The summed E-state index contributed by atoms with van der Waals surface area (Å²) in [4.78, 5) is 15.1. The van der Waals surface area contributed by atoms with Crippen molar-refractivity contribution in [3.05, 3.63) is 71.8 Å². The Morgan fingerprint density at radius 2 is 1.77 bits per heavy atom. The highest BCUT2D eigenvalue weighted by atomic mass is 35.5. The van der Waals surface area contributed by atoms with Crippen LogP contribution in [0, 0.1) is 5.92 Å². The van der Waals surface area contributed by atoms with E-state index in [1.54, 1.807) is 0 Å². The number of hydrogen-bond donors (Lipinski definition) is 1. The van der Waals surface area contributed by atoms with Crippen LogP contribution in [0.4, 0.5) is 0 Å². The Labute approximate surface area is 163 Å². The molecule has 0 saturated carbocycles. The molecule has 3 rings (SSSR count). The van der Waals surface area contributed by atoms with Gasteiger partial charge in [-0.15, -0.1) is 12.4 Å². The maximum absolute atomic E-state index is 13.0. The van der Waals surface area contributed by atoms with Gasteiger partial charge in [0.1, 0.15) is 0 Å². The predicted molar refractivity (Wildman–Crippen MR) is 109 cm³/mol. The molecule has 0 aliphatic carbocycles. The number of benzene rings is 2. The van der Waals surface area contributed by atoms with Crippen molar-refractivity contribution in [1.29, 1.82) is 0 Å². The molecule has 26 heavy (non-hydrogen) atoms. The van der Waals surface area contributed by atoms with Gasteiger partial charge in [-0.1, -0.05) is 60.7 Å². The van der Waals surface area contributed by atoms with E-state index < -0.39 is 0 Å². The third-order valence-corrected chi connectivity index (χ3v) is 5.19. The molecule has 1 heterocycles. The monoisotopic (exact) mass is 372 g/mol. The van der Waals surface area contributed by atoms with E-state index in [1.165, 1.54) is 17.5 Å². The van der Waals surface area contributed by atoms with Crippen molar-refractivity contribution in [1.82, 2.24) is 10.2 Å². The standard InChI is InChI=1S/C22H28N2O.ClH/c1-18(21-10-6-3-7-11-21)24(17-20-8-4-2-5-9-20)22(25)13-12-19-14-15-23-16-19;/h2-11,18-19,23H,12-17H2,1H3;1H. The zero-order valence-electron chi connectivity index (χ0n) is 15.4. The van der Waals surface area contributed by atoms with E-state index in [0.29, 0.717) is 18.9 Å². The first kappa shape index (κ1) is 20.5. The van der Waals surface area contributed by atoms with Crippen LogP contribution in [0.2, 0.25) is 0 Å². The number of nitrogens with zero attached hydrogens (tertiary/aromatic N) is 1. The number of halogens is 1. The molecule has 2 unspecified atom stereocenters. The average Bonchev–Trinajstić information content (AvgIpc) is 3.19. The number of amides is 1. The first-order chi connectivity index (χ1) is 12.2. The van der Waals surface area contributed by atoms with Gasteiger partial charge in [0.25, 0.3) is 0 Å². The number of hydrogen-bond acceptors (Lipinski definition) is 2. The highest BCUT2D eigenvalue weighted by Crippen LogP contribution is 2.25. The second-order valence-corrected chi connectivity index (χ2v) is 6.99. The number of carbonyl (C=O) groups is 1. The second kappa shape index (κ2) is 10.3. The Kier molecular flexibility index (Phi) is 8.14. The minimum atomic E-state index is 0. The first-order valence-electron chi connectivity index (χ1n) is 9.33. The van der Waals surface area contributed by atoms with Crippen LogP contribution >= 0.6 is 12.4 Å². The van der Waals surface area contributed by atoms with E-state index in [2.05, 4.69) is 36.5 Å². The van der Waals surface area contributed by atoms with Gasteiger partial charge in [-0.3, -0.25) is 4.79 Å². The molecule has 1 saturated heterocycles. The maximum atomic E-state index is 13.0. The summed E-state index contributed by atoms with van der Waals surface area (Å²) < 4.78 is 0. The topological polar surface area (TPSA) is 32.3 Å². The zero-order valence-corrected chi connectivity index (χ0v) is 16.3. The lowest BCUT2D eigenvalue weighted by molar-refractivity contribution is -0.134. The molecule has 1 N–H and O–H groups in total. The van der Waals surface area contributed by atoms with Gasteiger partial charge in [-0.05, 0) is 49.9 Å². The van der Waals surface area contributed by atoms with Crippen LogP contribution in [0.1, 0.15) is 43.4 Å². The van der Waals surface area contributed by atoms with Crippen LogP contribution < -0.4 is 5.32 Å². The Bertz CT molecular complexity index is 656. The molecular weight excluding hydrogens is 344 g/mol. The van der Waals surface area contributed by atoms with Gasteiger partial charge < -0.3 is 10.2 Å². The molecule has 2 aromatic carbocycles. The van der Waals surface area contributed by atoms with Crippen LogP contribution in [-0.2, 0) is 11.3 Å². The number of carbonyl (C=O) groups excluding carboxylic acids is 1. The summed E-state index contributed by atoms with van der Waals surface area (Å²) in [6.07, 6.45) is 2.81. The molecule has 3 nitrogen and oxygen atoms in total. The molecule has 1 aliphatic heterocycles. The molecule has 1 amide bonds. The number of nitrogens with one attached hydrogen (secondary N) is 1. The minimum Gasteiger partial charge on any atom is -0.332 e. The molecule has 0 spiro atoms. The summed E-state index contributed by atoms with van der Waals surface area (Å²) in [6.45, 7) is 4.94. The van der Waals surface area contributed by atoms with Crippen LogP contribution in [0.25, 0.3) is 0 Å². The molecule has 2 atom stereocenters. The first-order valence-corrected chi connectivity index (χ1v) is 9.33. The van der Waals surface area contributed by atoms with E-state index >= 15 is 0 Å². The Balaban J connectivity index is 0.00000243. The van der Waals surface area contributed by atoms with Crippen molar-refractivity contribution >= 4 is 18.3 Å². The fourth-order valence-electron chi connectivity index (χ4n) is 3.56. The fraction of sp³-hybridized carbons (Fsp3) is 0.409. The SMILES string of the molecule is CC(c1ccccc1)N(Cc1ccccc1)C(=O)CCC1CCNC1.Cl. The summed E-state index contributed by atoms with van der Waals surface area (Å²) in [5.41, 5.74) is 2.37. The normalized spacial score (nSPS) is 17.3. The lowest BCUT2D eigenvalue weighted by Gasteiger charge is -2.30. The van der Waals surface area contributed by atoms with Crippen LogP contribution in [0.15, 0.2) is 60.7 Å². The van der Waals surface area contributed by atoms with E-state index in [1.807, 2.05) is 41.3 Å². The second-order valence-electron chi connectivity index (χ2n) is 6.99. The van der Waals surface area contributed by atoms with Crippen molar-refractivity contribution in [3.63, 3.8) is 0 Å². The quantitative estimate of drug-likeness (QED) is 0.771. The van der Waals surface area contributed by atoms with Crippen LogP contribution in [-0.4, -0.2) is 23.9 Å². The molecule has 140 valence electrons. The van der Waals surface area contributed by atoms with Gasteiger partial charge in [-0.25, -0.2) is 0 Å². The molecule has 0 bridgehead atoms. The maximum Gasteiger partial charge on any atom is 0.223 e. The summed E-state index contributed by atoms with van der Waals surface area (Å²) >= 11 is 0. The van der Waals surface area contributed by atoms with Crippen molar-refractivity contribution < 1.29 is 4.79 Å². The van der Waals surface area contributed by atoms with E-state index in [0.717, 1.165) is 19.5 Å². The third kappa shape index (κ3) is 5.58. The number of rotatable bonds is 7. The third-order valence-electron chi connectivity index (χ3n) is 5.19. The molecule has 1 aliphatic rings. The van der Waals surface area contributed by atoms with Crippen molar-refractivity contribution in [2.24, 2.45) is 5.92 Å². The van der Waals surface area contributed by atoms with Crippen LogP contribution in [0.3, 0.4) is 0 Å². The summed E-state index contributed by atoms with van der Waals surface area (Å²) in [7, 11) is 0. The lowest BCUT2D eigenvalue weighted by atomic mass is 10.0. The van der Waals surface area contributed by atoms with Gasteiger partial charge in [0, 0.05) is 13.0 Å². The largest absolute Gasteiger partial charge is 0.332 e. The molecule has 0 aromatic heterocycles. The highest BCUT2D eigenvalue weighted by Gasteiger charge is 2.23. The van der Waals surface area contributed by atoms with Crippen LogP contribution in [0.5, 0.6) is 0 Å². The van der Waals surface area contributed by atoms with Crippen molar-refractivity contribution in [2.75, 3.05) is 13.1 Å². The molecule has 4 heteroatoms.